The molecule has 2 heterocycles. The summed E-state index contributed by atoms with van der Waals surface area (Å²) in [6.07, 6.45) is 0. The molecule has 0 aliphatic carbocycles. The standard InChI is InChI=1S/C22H23Cl2N3O3S/c1-2-30-18-3-4-19-20(14-18)31-22(25-19)27(6-5-26-7-9-29-10-8-26)21(28)15-11-16(23)13-17(24)12-15/h3-4,11-14H,2,5-10H2,1H3. The number of aromatic nitrogens is 1. The average Bonchev–Trinajstić information content (AvgIpc) is 3.17. The van der Waals surface area contributed by atoms with E-state index < -0.39 is 0 Å². The van der Waals surface area contributed by atoms with Gasteiger partial charge in [-0.2, -0.15) is 0 Å². The molecule has 3 aromatic rings. The normalized spacial score (nSPS) is 14.7. The summed E-state index contributed by atoms with van der Waals surface area (Å²) in [5.74, 6) is 0.611. The monoisotopic (exact) mass is 479 g/mol. The molecule has 2 aromatic carbocycles. The van der Waals surface area contributed by atoms with E-state index in [4.69, 9.17) is 37.7 Å². The molecule has 1 aliphatic heterocycles. The molecular formula is C22H23Cl2N3O3S. The third kappa shape index (κ3) is 5.48. The molecule has 0 atom stereocenters. The van der Waals surface area contributed by atoms with Gasteiger partial charge in [0.2, 0.25) is 0 Å². The number of rotatable bonds is 7. The lowest BCUT2D eigenvalue weighted by atomic mass is 10.2. The van der Waals surface area contributed by atoms with Crippen LogP contribution in [-0.4, -0.2) is 61.8 Å². The highest BCUT2D eigenvalue weighted by Gasteiger charge is 2.23. The number of hydrogen-bond donors (Lipinski definition) is 0. The first-order valence-corrected chi connectivity index (χ1v) is 11.7. The summed E-state index contributed by atoms with van der Waals surface area (Å²) in [5.41, 5.74) is 1.27. The van der Waals surface area contributed by atoms with E-state index in [1.165, 1.54) is 11.3 Å². The van der Waals surface area contributed by atoms with E-state index in [9.17, 15) is 4.79 Å². The Balaban J connectivity index is 1.65. The highest BCUT2D eigenvalue weighted by molar-refractivity contribution is 7.22. The predicted octanol–water partition coefficient (Wildman–Crippen LogP) is 4.98. The van der Waals surface area contributed by atoms with Crippen molar-refractivity contribution in [1.82, 2.24) is 9.88 Å². The van der Waals surface area contributed by atoms with Crippen molar-refractivity contribution < 1.29 is 14.3 Å². The molecule has 31 heavy (non-hydrogen) atoms. The molecule has 1 saturated heterocycles. The van der Waals surface area contributed by atoms with Gasteiger partial charge in [-0.15, -0.1) is 0 Å². The van der Waals surface area contributed by atoms with E-state index in [-0.39, 0.29) is 5.91 Å². The van der Waals surface area contributed by atoms with Gasteiger partial charge in [0.15, 0.2) is 5.13 Å². The molecule has 6 nitrogen and oxygen atoms in total. The molecule has 164 valence electrons. The summed E-state index contributed by atoms with van der Waals surface area (Å²) in [4.78, 5) is 22.2. The molecule has 0 N–H and O–H groups in total. The molecule has 0 saturated carbocycles. The van der Waals surface area contributed by atoms with Crippen LogP contribution in [-0.2, 0) is 4.74 Å². The summed E-state index contributed by atoms with van der Waals surface area (Å²) in [5, 5.41) is 1.49. The summed E-state index contributed by atoms with van der Waals surface area (Å²) < 4.78 is 12.0. The molecule has 9 heteroatoms. The Bertz CT molecular complexity index is 1050. The lowest BCUT2D eigenvalue weighted by Crippen LogP contribution is -2.43. The van der Waals surface area contributed by atoms with Crippen molar-refractivity contribution in [3.05, 3.63) is 52.0 Å². The fourth-order valence-corrected chi connectivity index (χ4v) is 4.99. The number of morpholine rings is 1. The Labute approximate surface area is 195 Å². The minimum atomic E-state index is -0.179. The first-order valence-electron chi connectivity index (χ1n) is 10.1. The topological polar surface area (TPSA) is 54.9 Å². The van der Waals surface area contributed by atoms with Crippen molar-refractivity contribution in [2.24, 2.45) is 0 Å². The van der Waals surface area contributed by atoms with E-state index >= 15 is 0 Å². The Morgan fingerprint density at radius 2 is 1.94 bits per heavy atom. The van der Waals surface area contributed by atoms with Crippen molar-refractivity contribution in [3.63, 3.8) is 0 Å². The minimum Gasteiger partial charge on any atom is -0.494 e. The summed E-state index contributed by atoms with van der Waals surface area (Å²) >= 11 is 13.8. The van der Waals surface area contributed by atoms with Crippen LogP contribution in [0, 0.1) is 0 Å². The second kappa shape index (κ2) is 10.1. The van der Waals surface area contributed by atoms with Gasteiger partial charge >= 0.3 is 0 Å². The zero-order valence-corrected chi connectivity index (χ0v) is 19.5. The van der Waals surface area contributed by atoms with E-state index in [1.54, 1.807) is 23.1 Å². The van der Waals surface area contributed by atoms with Crippen molar-refractivity contribution in [3.8, 4) is 5.75 Å². The lowest BCUT2D eigenvalue weighted by Gasteiger charge is -2.29. The number of benzene rings is 2. The second-order valence-electron chi connectivity index (χ2n) is 7.13. The van der Waals surface area contributed by atoms with E-state index in [0.717, 1.165) is 35.6 Å². The summed E-state index contributed by atoms with van der Waals surface area (Å²) in [6.45, 7) is 6.88. The van der Waals surface area contributed by atoms with Crippen molar-refractivity contribution >= 4 is 55.8 Å². The fourth-order valence-electron chi connectivity index (χ4n) is 3.45. The maximum Gasteiger partial charge on any atom is 0.260 e. The Morgan fingerprint density at radius 3 is 2.65 bits per heavy atom. The summed E-state index contributed by atoms with van der Waals surface area (Å²) in [6, 6.07) is 10.7. The number of hydrogen-bond acceptors (Lipinski definition) is 6. The van der Waals surface area contributed by atoms with Gasteiger partial charge in [-0.3, -0.25) is 14.6 Å². The number of nitrogens with zero attached hydrogens (tertiary/aromatic N) is 3. The summed E-state index contributed by atoms with van der Waals surface area (Å²) in [7, 11) is 0. The van der Waals surface area contributed by atoms with Gasteiger partial charge in [0, 0.05) is 41.8 Å². The van der Waals surface area contributed by atoms with E-state index in [2.05, 4.69) is 4.90 Å². The molecule has 1 aliphatic rings. The lowest BCUT2D eigenvalue weighted by molar-refractivity contribution is 0.0391. The molecule has 4 rings (SSSR count). The van der Waals surface area contributed by atoms with Gasteiger partial charge in [-0.1, -0.05) is 34.5 Å². The number of halogens is 2. The second-order valence-corrected chi connectivity index (χ2v) is 9.01. The first kappa shape index (κ1) is 22.3. The van der Waals surface area contributed by atoms with Gasteiger partial charge in [-0.25, -0.2) is 4.98 Å². The maximum atomic E-state index is 13.5. The molecule has 1 amide bonds. The van der Waals surface area contributed by atoms with Crippen LogP contribution in [0.5, 0.6) is 5.75 Å². The van der Waals surface area contributed by atoms with Gasteiger partial charge in [0.25, 0.3) is 5.91 Å². The smallest absolute Gasteiger partial charge is 0.260 e. The number of amides is 1. The molecule has 0 radical (unpaired) electrons. The maximum absolute atomic E-state index is 13.5. The zero-order valence-electron chi connectivity index (χ0n) is 17.1. The fraction of sp³-hybridized carbons (Fsp3) is 0.364. The number of ether oxygens (including phenoxy) is 2. The average molecular weight is 480 g/mol. The third-order valence-electron chi connectivity index (χ3n) is 4.99. The number of carbonyl (C=O) groups is 1. The predicted molar refractivity (Wildman–Crippen MR) is 126 cm³/mol. The van der Waals surface area contributed by atoms with Gasteiger partial charge < -0.3 is 9.47 Å². The SMILES string of the molecule is CCOc1ccc2nc(N(CCN3CCOCC3)C(=O)c3cc(Cl)cc(Cl)c3)sc2c1. The molecule has 1 aromatic heterocycles. The van der Waals surface area contributed by atoms with Crippen molar-refractivity contribution in [2.45, 2.75) is 6.92 Å². The van der Waals surface area contributed by atoms with Gasteiger partial charge in [0.1, 0.15) is 5.75 Å². The molecule has 0 bridgehead atoms. The molecule has 0 unspecified atom stereocenters. The number of fused-ring (bicyclic) bond motifs is 1. The molecular weight excluding hydrogens is 457 g/mol. The van der Waals surface area contributed by atoms with E-state index in [0.29, 0.717) is 47.1 Å². The number of anilines is 1. The quantitative estimate of drug-likeness (QED) is 0.478. The highest BCUT2D eigenvalue weighted by atomic mass is 35.5. The van der Waals surface area contributed by atoms with E-state index in [1.807, 2.05) is 25.1 Å². The van der Waals surface area contributed by atoms with Crippen LogP contribution in [0.1, 0.15) is 17.3 Å². The van der Waals surface area contributed by atoms with Crippen LogP contribution >= 0.6 is 34.5 Å². The largest absolute Gasteiger partial charge is 0.494 e. The molecule has 1 fully saturated rings. The zero-order chi connectivity index (χ0) is 21.8. The highest BCUT2D eigenvalue weighted by Crippen LogP contribution is 2.33. The van der Waals surface area contributed by atoms with Crippen LogP contribution in [0.3, 0.4) is 0 Å². The minimum absolute atomic E-state index is 0.179. The Hall–Kier alpha value is -1.90. The number of carbonyl (C=O) groups excluding carboxylic acids is 1. The number of thiazole rings is 1. The van der Waals surface area contributed by atoms with Crippen molar-refractivity contribution in [2.75, 3.05) is 50.9 Å². The Kier molecular flexibility index (Phi) is 7.30. The molecule has 0 spiro atoms. The van der Waals surface area contributed by atoms with Gasteiger partial charge in [0.05, 0.1) is 30.0 Å². The van der Waals surface area contributed by atoms with Crippen LogP contribution in [0.2, 0.25) is 10.0 Å². The Morgan fingerprint density at radius 1 is 1.19 bits per heavy atom. The van der Waals surface area contributed by atoms with Crippen molar-refractivity contribution in [1.29, 1.82) is 0 Å². The third-order valence-corrected chi connectivity index (χ3v) is 6.47. The van der Waals surface area contributed by atoms with Crippen LogP contribution in [0.25, 0.3) is 10.2 Å². The van der Waals surface area contributed by atoms with Crippen LogP contribution < -0.4 is 9.64 Å². The van der Waals surface area contributed by atoms with Gasteiger partial charge in [-0.05, 0) is 43.3 Å². The first-order chi connectivity index (χ1) is 15.0. The van der Waals surface area contributed by atoms with Crippen LogP contribution in [0.4, 0.5) is 5.13 Å². The van der Waals surface area contributed by atoms with Crippen LogP contribution in [0.15, 0.2) is 36.4 Å².